The summed E-state index contributed by atoms with van der Waals surface area (Å²) in [6, 6.07) is 16.7. The molecule has 0 unspecified atom stereocenters. The first kappa shape index (κ1) is 27.3. The monoisotopic (exact) mass is 581 g/mol. The van der Waals surface area contributed by atoms with Crippen molar-refractivity contribution in [3.63, 3.8) is 0 Å². The van der Waals surface area contributed by atoms with Gasteiger partial charge in [0.05, 0.1) is 29.4 Å². The molecule has 2 aromatic heterocycles. The topological polar surface area (TPSA) is 72.7 Å². The van der Waals surface area contributed by atoms with Crippen LogP contribution in [0, 0.1) is 0 Å². The lowest BCUT2D eigenvalue weighted by Gasteiger charge is -2.17. The van der Waals surface area contributed by atoms with Crippen LogP contribution in [-0.2, 0) is 12.6 Å². The van der Waals surface area contributed by atoms with Gasteiger partial charge in [-0.3, -0.25) is 9.48 Å². The minimum Gasteiger partial charge on any atom is -0.346 e. The van der Waals surface area contributed by atoms with Gasteiger partial charge in [-0.05, 0) is 96.7 Å². The molecule has 2 fully saturated rings. The van der Waals surface area contributed by atoms with Crippen LogP contribution in [0.15, 0.2) is 79.3 Å². The third-order valence-electron chi connectivity index (χ3n) is 8.28. The smallest absolute Gasteiger partial charge is 0.346 e. The van der Waals surface area contributed by atoms with Gasteiger partial charge in [0.1, 0.15) is 5.82 Å². The summed E-state index contributed by atoms with van der Waals surface area (Å²) < 4.78 is 41.7. The molecule has 0 saturated heterocycles. The Morgan fingerprint density at radius 3 is 2.63 bits per heavy atom. The number of nitrogens with one attached hydrogen (secondary N) is 1. The lowest BCUT2D eigenvalue weighted by atomic mass is 9.93. The number of rotatable bonds is 8. The van der Waals surface area contributed by atoms with Crippen molar-refractivity contribution in [3.8, 4) is 11.1 Å². The van der Waals surface area contributed by atoms with Crippen molar-refractivity contribution >= 4 is 16.8 Å². The minimum atomic E-state index is -4.45. The number of fused-ring (bicyclic) bond motifs is 1. The van der Waals surface area contributed by atoms with E-state index >= 15 is 0 Å². The normalized spacial score (nSPS) is 15.9. The van der Waals surface area contributed by atoms with E-state index in [-0.39, 0.29) is 5.91 Å². The van der Waals surface area contributed by atoms with Gasteiger partial charge in [-0.15, -0.1) is 0 Å². The van der Waals surface area contributed by atoms with Crippen LogP contribution in [0.3, 0.4) is 0 Å². The highest BCUT2D eigenvalue weighted by Crippen LogP contribution is 2.45. The maximum Gasteiger partial charge on any atom is 0.416 e. The van der Waals surface area contributed by atoms with E-state index < -0.39 is 17.8 Å². The van der Waals surface area contributed by atoms with Crippen LogP contribution >= 0.6 is 0 Å². The van der Waals surface area contributed by atoms with E-state index in [9.17, 15) is 18.0 Å². The molecule has 2 aliphatic carbocycles. The molecule has 7 rings (SSSR count). The molecule has 0 radical (unpaired) electrons. The summed E-state index contributed by atoms with van der Waals surface area (Å²) >= 11 is 0. The number of nitrogens with zero attached hydrogens (tertiary/aromatic N) is 4. The molecule has 5 aromatic rings. The minimum absolute atomic E-state index is 0.342. The molecule has 2 aliphatic rings. The van der Waals surface area contributed by atoms with Crippen LogP contribution in [0.5, 0.6) is 0 Å². The van der Waals surface area contributed by atoms with Crippen LogP contribution < -0.4 is 5.32 Å². The highest BCUT2D eigenvalue weighted by atomic mass is 19.4. The SMILES string of the molecule is C[C@@H](NC(=O)c1ccc(C2CC2)c(-c2ccc3cnc(Cc4cnn(C5CC5)c4)nc3c2)c1)c1cccc(C(F)(F)F)c1. The molecular formula is C34H30F3N5O. The van der Waals surface area contributed by atoms with E-state index in [4.69, 9.17) is 4.98 Å². The van der Waals surface area contributed by atoms with E-state index in [1.54, 1.807) is 19.1 Å². The second-order valence-electron chi connectivity index (χ2n) is 11.7. The first-order valence-electron chi connectivity index (χ1n) is 14.6. The molecule has 0 bridgehead atoms. The Balaban J connectivity index is 1.15. The average Bonchev–Trinajstić information content (AvgIpc) is 3.95. The van der Waals surface area contributed by atoms with Gasteiger partial charge in [0, 0.05) is 29.8 Å². The molecule has 0 aliphatic heterocycles. The van der Waals surface area contributed by atoms with Gasteiger partial charge in [-0.25, -0.2) is 9.97 Å². The molecule has 2 saturated carbocycles. The van der Waals surface area contributed by atoms with Crippen LogP contribution in [0.1, 0.15) is 89.0 Å². The zero-order valence-electron chi connectivity index (χ0n) is 23.6. The van der Waals surface area contributed by atoms with Crippen LogP contribution in [-0.4, -0.2) is 25.7 Å². The predicted molar refractivity (Wildman–Crippen MR) is 158 cm³/mol. The molecule has 1 atom stereocenters. The van der Waals surface area contributed by atoms with Gasteiger partial charge in [0.2, 0.25) is 0 Å². The van der Waals surface area contributed by atoms with E-state index in [2.05, 4.69) is 21.6 Å². The Bertz CT molecular complexity index is 1840. The summed E-state index contributed by atoms with van der Waals surface area (Å²) in [5, 5.41) is 8.28. The van der Waals surface area contributed by atoms with Crippen LogP contribution in [0.25, 0.3) is 22.0 Å². The number of carbonyl (C=O) groups is 1. The van der Waals surface area contributed by atoms with Crippen molar-refractivity contribution < 1.29 is 18.0 Å². The quantitative estimate of drug-likeness (QED) is 0.203. The van der Waals surface area contributed by atoms with Gasteiger partial charge in [0.25, 0.3) is 5.91 Å². The van der Waals surface area contributed by atoms with Crippen LogP contribution in [0.2, 0.25) is 0 Å². The molecule has 0 spiro atoms. The lowest BCUT2D eigenvalue weighted by molar-refractivity contribution is -0.137. The summed E-state index contributed by atoms with van der Waals surface area (Å²) in [7, 11) is 0. The number of hydrogen-bond donors (Lipinski definition) is 1. The molecule has 1 N–H and O–H groups in total. The fourth-order valence-corrected chi connectivity index (χ4v) is 5.55. The van der Waals surface area contributed by atoms with Crippen molar-refractivity contribution in [2.75, 3.05) is 0 Å². The van der Waals surface area contributed by atoms with E-state index in [1.165, 1.54) is 24.5 Å². The number of hydrogen-bond acceptors (Lipinski definition) is 4. The van der Waals surface area contributed by atoms with Crippen LogP contribution in [0.4, 0.5) is 13.2 Å². The van der Waals surface area contributed by atoms with Gasteiger partial charge in [0.15, 0.2) is 0 Å². The van der Waals surface area contributed by atoms with Gasteiger partial charge >= 0.3 is 6.18 Å². The Kier molecular flexibility index (Phi) is 6.75. The Hall–Kier alpha value is -4.53. The van der Waals surface area contributed by atoms with Crippen molar-refractivity contribution in [2.45, 2.75) is 63.2 Å². The maximum absolute atomic E-state index is 13.3. The highest BCUT2D eigenvalue weighted by molar-refractivity contribution is 5.96. The number of alkyl halides is 3. The number of benzene rings is 3. The number of amides is 1. The van der Waals surface area contributed by atoms with E-state index in [0.717, 1.165) is 58.4 Å². The van der Waals surface area contributed by atoms with E-state index in [0.29, 0.717) is 29.5 Å². The number of carbonyl (C=O) groups excluding carboxylic acids is 1. The predicted octanol–water partition coefficient (Wildman–Crippen LogP) is 7.81. The fraction of sp³-hybridized carbons (Fsp3) is 0.294. The standard InChI is InChI=1S/C34H30F3N5O/c1-20(23-3-2-4-27(14-23)34(35,36)37)40-33(43)25-9-12-29(22-5-6-22)30(15-25)24-7-8-26-18-38-32(41-31(26)16-24)13-21-17-39-42(19-21)28-10-11-28/h2-4,7-9,12,14-20,22,28H,5-6,10-11,13H2,1H3,(H,40,43)/t20-/m1/s1. The zero-order chi connectivity index (χ0) is 29.7. The average molecular weight is 582 g/mol. The molecule has 3 aromatic carbocycles. The second-order valence-corrected chi connectivity index (χ2v) is 11.7. The maximum atomic E-state index is 13.3. The summed E-state index contributed by atoms with van der Waals surface area (Å²) in [6.07, 6.45) is 6.50. The first-order chi connectivity index (χ1) is 20.7. The highest BCUT2D eigenvalue weighted by Gasteiger charge is 2.31. The Morgan fingerprint density at radius 1 is 1.02 bits per heavy atom. The molecule has 6 nitrogen and oxygen atoms in total. The number of halogens is 3. The summed E-state index contributed by atoms with van der Waals surface area (Å²) in [5.74, 6) is 0.820. The molecule has 43 heavy (non-hydrogen) atoms. The fourth-order valence-electron chi connectivity index (χ4n) is 5.55. The lowest BCUT2D eigenvalue weighted by Crippen LogP contribution is -2.27. The summed E-state index contributed by atoms with van der Waals surface area (Å²) in [5.41, 5.74) is 5.12. The molecule has 9 heteroatoms. The van der Waals surface area contributed by atoms with Crippen molar-refractivity contribution in [2.24, 2.45) is 0 Å². The van der Waals surface area contributed by atoms with Crippen molar-refractivity contribution in [1.82, 2.24) is 25.1 Å². The second kappa shape index (κ2) is 10.6. The third-order valence-corrected chi connectivity index (χ3v) is 8.28. The summed E-state index contributed by atoms with van der Waals surface area (Å²) in [4.78, 5) is 22.7. The first-order valence-corrected chi connectivity index (χ1v) is 14.6. The third kappa shape index (κ3) is 5.89. The molecule has 2 heterocycles. The molecule has 218 valence electrons. The van der Waals surface area contributed by atoms with E-state index in [1.807, 2.05) is 47.4 Å². The van der Waals surface area contributed by atoms with Gasteiger partial charge in [-0.2, -0.15) is 18.3 Å². The van der Waals surface area contributed by atoms with Gasteiger partial charge in [-0.1, -0.05) is 30.3 Å². The van der Waals surface area contributed by atoms with Crippen molar-refractivity contribution in [3.05, 3.63) is 113 Å². The zero-order valence-corrected chi connectivity index (χ0v) is 23.6. The number of aromatic nitrogens is 4. The molecular weight excluding hydrogens is 551 g/mol. The van der Waals surface area contributed by atoms with Gasteiger partial charge < -0.3 is 5.32 Å². The van der Waals surface area contributed by atoms with Crippen molar-refractivity contribution in [1.29, 1.82) is 0 Å². The largest absolute Gasteiger partial charge is 0.416 e. The summed E-state index contributed by atoms with van der Waals surface area (Å²) in [6.45, 7) is 1.68. The Labute approximate surface area is 247 Å². The molecule has 1 amide bonds. The Morgan fingerprint density at radius 2 is 1.86 bits per heavy atom.